The number of benzene rings is 3. The number of nitrogens with one attached hydrogen (secondary N) is 1. The molecule has 0 bridgehead atoms. The van der Waals surface area contributed by atoms with Crippen LogP contribution in [0.3, 0.4) is 0 Å². The minimum atomic E-state index is -0.166. The van der Waals surface area contributed by atoms with Crippen molar-refractivity contribution in [2.45, 2.75) is 20.4 Å². The number of carbonyl (C=O) groups excluding carboxylic acids is 1. The highest BCUT2D eigenvalue weighted by atomic mass is 16.5. The van der Waals surface area contributed by atoms with Crippen LogP contribution in [0.5, 0.6) is 5.75 Å². The number of allylic oxidation sites excluding steroid dienone is 1. The average Bonchev–Trinajstić information content (AvgIpc) is 3.32. The Morgan fingerprint density at radius 2 is 1.83 bits per heavy atom. The van der Waals surface area contributed by atoms with Gasteiger partial charge in [0.05, 0.1) is 13.4 Å². The third kappa shape index (κ3) is 4.41. The molecular weight excluding hydrogens is 436 g/mol. The number of nitrogens with zero attached hydrogens (tertiary/aromatic N) is 1. The highest BCUT2D eigenvalue weighted by Gasteiger charge is 2.19. The first-order valence-corrected chi connectivity index (χ1v) is 11.5. The molecule has 35 heavy (non-hydrogen) atoms. The molecule has 0 atom stereocenters. The van der Waals surface area contributed by atoms with Gasteiger partial charge in [0.1, 0.15) is 11.3 Å². The second-order valence-corrected chi connectivity index (χ2v) is 8.57. The lowest BCUT2D eigenvalue weighted by molar-refractivity contribution is -0.116. The highest BCUT2D eigenvalue weighted by molar-refractivity contribution is 6.02. The van der Waals surface area contributed by atoms with E-state index >= 15 is 0 Å². The molecule has 2 heterocycles. The number of aromatic nitrogens is 1. The van der Waals surface area contributed by atoms with Crippen molar-refractivity contribution in [3.8, 4) is 16.9 Å². The Bertz CT molecular complexity index is 1570. The Kier molecular flexibility index (Phi) is 6.06. The molecule has 0 aliphatic heterocycles. The number of aryl methyl sites for hydroxylation is 1. The van der Waals surface area contributed by atoms with Gasteiger partial charge in [-0.05, 0) is 65.6 Å². The molecule has 2 aromatic heterocycles. The molecule has 0 saturated carbocycles. The largest absolute Gasteiger partial charge is 0.496 e. The zero-order valence-electron chi connectivity index (χ0n) is 20.0. The molecule has 0 unspecified atom stereocenters. The second-order valence-electron chi connectivity index (χ2n) is 8.57. The maximum atomic E-state index is 12.6. The van der Waals surface area contributed by atoms with Crippen LogP contribution in [0.1, 0.15) is 23.6 Å². The van der Waals surface area contributed by atoms with E-state index in [1.165, 1.54) is 10.8 Å². The van der Waals surface area contributed by atoms with E-state index in [-0.39, 0.29) is 5.91 Å². The van der Waals surface area contributed by atoms with Crippen LogP contribution in [-0.2, 0) is 11.3 Å². The molecule has 5 rings (SSSR count). The molecule has 5 nitrogen and oxygen atoms in total. The number of hydrogen-bond donors (Lipinski definition) is 1. The lowest BCUT2D eigenvalue weighted by Gasteiger charge is -2.13. The molecular formula is C30H26N2O3. The van der Waals surface area contributed by atoms with Crippen molar-refractivity contribution in [1.29, 1.82) is 0 Å². The molecule has 1 amide bonds. The molecule has 0 aliphatic carbocycles. The second kappa shape index (κ2) is 9.47. The maximum absolute atomic E-state index is 12.6. The van der Waals surface area contributed by atoms with Crippen LogP contribution in [0.4, 0.5) is 0 Å². The average molecular weight is 463 g/mol. The van der Waals surface area contributed by atoms with Gasteiger partial charge in [0.15, 0.2) is 0 Å². The molecule has 1 N–H and O–H groups in total. The Hall–Kier alpha value is -4.38. The molecule has 3 aromatic carbocycles. The predicted molar refractivity (Wildman–Crippen MR) is 140 cm³/mol. The summed E-state index contributed by atoms with van der Waals surface area (Å²) < 4.78 is 11.8. The van der Waals surface area contributed by atoms with Crippen LogP contribution in [0.15, 0.2) is 89.8 Å². The van der Waals surface area contributed by atoms with Gasteiger partial charge in [0.25, 0.3) is 0 Å². The number of amides is 1. The first-order chi connectivity index (χ1) is 17.0. The first-order valence-electron chi connectivity index (χ1n) is 11.5. The molecule has 0 aliphatic rings. The van der Waals surface area contributed by atoms with Crippen LogP contribution in [0.2, 0.25) is 0 Å². The first kappa shape index (κ1) is 22.4. The van der Waals surface area contributed by atoms with Gasteiger partial charge in [-0.2, -0.15) is 0 Å². The number of fused-ring (bicyclic) bond motifs is 2. The summed E-state index contributed by atoms with van der Waals surface area (Å²) in [4.78, 5) is 16.7. The van der Waals surface area contributed by atoms with Gasteiger partial charge >= 0.3 is 0 Å². The van der Waals surface area contributed by atoms with E-state index in [0.717, 1.165) is 44.4 Å². The van der Waals surface area contributed by atoms with Gasteiger partial charge in [0.2, 0.25) is 5.91 Å². The molecule has 0 saturated heterocycles. The van der Waals surface area contributed by atoms with E-state index in [1.807, 2.05) is 38.1 Å². The van der Waals surface area contributed by atoms with Gasteiger partial charge in [-0.1, -0.05) is 36.4 Å². The zero-order chi connectivity index (χ0) is 24.4. The van der Waals surface area contributed by atoms with E-state index < -0.39 is 0 Å². The minimum absolute atomic E-state index is 0.166. The summed E-state index contributed by atoms with van der Waals surface area (Å²) >= 11 is 0. The van der Waals surface area contributed by atoms with Crippen LogP contribution in [0.25, 0.3) is 38.4 Å². The Morgan fingerprint density at radius 1 is 1.06 bits per heavy atom. The fraction of sp³-hybridized carbons (Fsp3) is 0.133. The van der Waals surface area contributed by atoms with Gasteiger partial charge < -0.3 is 14.5 Å². The van der Waals surface area contributed by atoms with Crippen molar-refractivity contribution in [1.82, 2.24) is 10.3 Å². The summed E-state index contributed by atoms with van der Waals surface area (Å²) in [6.45, 7) is 4.34. The van der Waals surface area contributed by atoms with Crippen molar-refractivity contribution in [3.05, 3.63) is 102 Å². The van der Waals surface area contributed by atoms with Gasteiger partial charge in [-0.15, -0.1) is 0 Å². The fourth-order valence-electron chi connectivity index (χ4n) is 4.47. The number of furan rings is 1. The van der Waals surface area contributed by atoms with Gasteiger partial charge in [-0.25, -0.2) is 0 Å². The third-order valence-corrected chi connectivity index (χ3v) is 6.30. The summed E-state index contributed by atoms with van der Waals surface area (Å²) in [6.07, 6.45) is 6.83. The maximum Gasteiger partial charge on any atom is 0.244 e. The zero-order valence-corrected chi connectivity index (χ0v) is 20.0. The SMILES string of the molecule is COc1c(/C(C)=C/C(=O)NCc2ccncc2)cc2c(-c3ccc4ccccc4c3)coc2c1C. The Balaban J connectivity index is 1.53. The number of pyridine rings is 1. The van der Waals surface area contributed by atoms with Crippen molar-refractivity contribution in [2.75, 3.05) is 7.11 Å². The van der Waals surface area contributed by atoms with Gasteiger partial charge in [-0.3, -0.25) is 9.78 Å². The monoisotopic (exact) mass is 462 g/mol. The van der Waals surface area contributed by atoms with Crippen molar-refractivity contribution >= 4 is 33.2 Å². The molecule has 0 fully saturated rings. The van der Waals surface area contributed by atoms with Crippen molar-refractivity contribution < 1.29 is 13.9 Å². The number of rotatable bonds is 6. The van der Waals surface area contributed by atoms with Gasteiger partial charge in [0, 0.05) is 47.1 Å². The lowest BCUT2D eigenvalue weighted by Crippen LogP contribution is -2.20. The van der Waals surface area contributed by atoms with Crippen molar-refractivity contribution in [3.63, 3.8) is 0 Å². The normalized spacial score (nSPS) is 11.7. The Morgan fingerprint density at radius 3 is 2.60 bits per heavy atom. The third-order valence-electron chi connectivity index (χ3n) is 6.30. The summed E-state index contributed by atoms with van der Waals surface area (Å²) in [5, 5.41) is 6.29. The summed E-state index contributed by atoms with van der Waals surface area (Å²) in [7, 11) is 1.64. The lowest BCUT2D eigenvalue weighted by atomic mass is 9.95. The summed E-state index contributed by atoms with van der Waals surface area (Å²) in [5.41, 5.74) is 6.43. The highest BCUT2D eigenvalue weighted by Crippen LogP contribution is 2.41. The van der Waals surface area contributed by atoms with E-state index in [1.54, 1.807) is 31.8 Å². The molecule has 5 aromatic rings. The van der Waals surface area contributed by atoms with E-state index in [9.17, 15) is 4.79 Å². The molecule has 5 heteroatoms. The van der Waals surface area contributed by atoms with Crippen LogP contribution >= 0.6 is 0 Å². The van der Waals surface area contributed by atoms with Crippen LogP contribution in [0, 0.1) is 6.92 Å². The van der Waals surface area contributed by atoms with E-state index in [2.05, 4.69) is 46.7 Å². The number of carbonyl (C=O) groups is 1. The van der Waals surface area contributed by atoms with E-state index in [4.69, 9.17) is 9.15 Å². The topological polar surface area (TPSA) is 64.4 Å². The molecule has 174 valence electrons. The molecule has 0 spiro atoms. The summed E-state index contributed by atoms with van der Waals surface area (Å²) in [6, 6.07) is 20.5. The Labute approximate surface area is 204 Å². The summed E-state index contributed by atoms with van der Waals surface area (Å²) in [5.74, 6) is 0.536. The van der Waals surface area contributed by atoms with Crippen molar-refractivity contribution in [2.24, 2.45) is 0 Å². The van der Waals surface area contributed by atoms with E-state index in [0.29, 0.717) is 12.3 Å². The smallest absolute Gasteiger partial charge is 0.244 e. The number of ether oxygens (including phenoxy) is 1. The molecule has 0 radical (unpaired) electrons. The minimum Gasteiger partial charge on any atom is -0.496 e. The van der Waals surface area contributed by atoms with Crippen LogP contribution in [-0.4, -0.2) is 18.0 Å². The fourth-order valence-corrected chi connectivity index (χ4v) is 4.47. The standard InChI is InChI=1S/C30H26N2O3/c1-19(14-28(33)32-17-21-10-12-31-13-11-21)25-16-26-27(18-35-30(26)20(2)29(25)34-3)24-9-8-22-6-4-5-7-23(22)15-24/h4-16,18H,17H2,1-3H3,(H,32,33)/b19-14+. The number of hydrogen-bond acceptors (Lipinski definition) is 4. The quantitative estimate of drug-likeness (QED) is 0.286. The van der Waals surface area contributed by atoms with Crippen LogP contribution < -0.4 is 10.1 Å². The predicted octanol–water partition coefficient (Wildman–Crippen LogP) is 6.68. The number of methoxy groups -OCH3 is 1.